The minimum atomic E-state index is -0.0619. The third-order valence-electron chi connectivity index (χ3n) is 10.8. The van der Waals surface area contributed by atoms with Gasteiger partial charge in [0.25, 0.3) is 0 Å². The second-order valence-corrected chi connectivity index (χ2v) is 14.1. The standard InChI is InChI=1S/C52H32N4O/c1-4-14-33(15-5-1)44-32-45(54-52(53-44)34-16-6-2-7-17-34)35-24-26-40-41-27-25-37(31-49(41)57-48(40)30-35)56-47-23-13-11-21-39(47)43-29-28-42-38-20-10-12-22-46(38)55(50(42)51(43)56)36-18-8-3-9-19-36/h1-32H/i10D,11D,22D,23D,28D,29D. The molecule has 0 aliphatic heterocycles. The SMILES string of the molecule is [2H]c1cc([2H])c2c(c1)c1c([2H])c([2H])c3c4cc([2H])cc([2H])c4n(-c4ccc5c(c4)oc4cc(-c6cc(-c7ccccc7)nc(-c7ccccc7)n6)ccc45)c3c1n2-c1ccccc1. The molecule has 266 valence electrons. The van der Waals surface area contributed by atoms with Gasteiger partial charge in [-0.05, 0) is 54.5 Å². The number of hydrogen-bond donors (Lipinski definition) is 0. The van der Waals surface area contributed by atoms with Crippen molar-refractivity contribution in [2.75, 3.05) is 0 Å². The molecule has 0 aliphatic carbocycles. The first-order chi connectivity index (χ1) is 30.7. The summed E-state index contributed by atoms with van der Waals surface area (Å²) in [4.78, 5) is 9.99. The minimum Gasteiger partial charge on any atom is -0.456 e. The molecular formula is C52H32N4O. The van der Waals surface area contributed by atoms with Crippen LogP contribution in [0.15, 0.2) is 198 Å². The molecule has 12 rings (SSSR count). The minimum absolute atomic E-state index is 0.0536. The lowest BCUT2D eigenvalue weighted by Crippen LogP contribution is -1.98. The van der Waals surface area contributed by atoms with Crippen molar-refractivity contribution in [3.8, 4) is 45.3 Å². The van der Waals surface area contributed by atoms with E-state index in [1.165, 1.54) is 12.1 Å². The van der Waals surface area contributed by atoms with Crippen LogP contribution in [0.2, 0.25) is 0 Å². The fourth-order valence-electron chi connectivity index (χ4n) is 8.27. The van der Waals surface area contributed by atoms with Crippen molar-refractivity contribution >= 4 is 65.6 Å². The van der Waals surface area contributed by atoms with Gasteiger partial charge in [0.15, 0.2) is 5.82 Å². The van der Waals surface area contributed by atoms with Crippen LogP contribution in [-0.4, -0.2) is 19.1 Å². The third-order valence-corrected chi connectivity index (χ3v) is 10.8. The molecule has 4 heterocycles. The topological polar surface area (TPSA) is 48.8 Å². The monoisotopic (exact) mass is 734 g/mol. The van der Waals surface area contributed by atoms with Crippen LogP contribution in [0.1, 0.15) is 8.22 Å². The van der Waals surface area contributed by atoms with E-state index in [9.17, 15) is 4.11 Å². The van der Waals surface area contributed by atoms with Crippen molar-refractivity contribution < 1.29 is 12.6 Å². The van der Waals surface area contributed by atoms with Gasteiger partial charge in [0.05, 0.1) is 47.4 Å². The lowest BCUT2D eigenvalue weighted by molar-refractivity contribution is 0.669. The fraction of sp³-hybridized carbons (Fsp3) is 0. The maximum Gasteiger partial charge on any atom is 0.160 e. The Hall–Kier alpha value is -7.76. The molecule has 57 heavy (non-hydrogen) atoms. The van der Waals surface area contributed by atoms with Crippen LogP contribution in [0.3, 0.4) is 0 Å². The van der Waals surface area contributed by atoms with Crippen LogP contribution in [0.5, 0.6) is 0 Å². The molecule has 0 fully saturated rings. The van der Waals surface area contributed by atoms with Crippen molar-refractivity contribution in [2.45, 2.75) is 0 Å². The number of aromatic nitrogens is 4. The summed E-state index contributed by atoms with van der Waals surface area (Å²) in [6.45, 7) is 0. The van der Waals surface area contributed by atoms with Gasteiger partial charge in [0.2, 0.25) is 0 Å². The van der Waals surface area contributed by atoms with E-state index in [0.29, 0.717) is 66.3 Å². The zero-order valence-electron chi connectivity index (χ0n) is 36.2. The molecule has 0 unspecified atom stereocenters. The number of furan rings is 1. The molecule has 0 N–H and O–H groups in total. The van der Waals surface area contributed by atoms with E-state index in [0.717, 1.165) is 44.5 Å². The van der Waals surface area contributed by atoms with E-state index in [1.807, 2.05) is 143 Å². The Balaban J connectivity index is 1.12. The van der Waals surface area contributed by atoms with Crippen molar-refractivity contribution in [1.82, 2.24) is 19.1 Å². The smallest absolute Gasteiger partial charge is 0.160 e. The number of fused-ring (bicyclic) bond motifs is 10. The first-order valence-corrected chi connectivity index (χ1v) is 18.7. The Morgan fingerprint density at radius 2 is 0.947 bits per heavy atom. The number of hydrogen-bond acceptors (Lipinski definition) is 3. The molecule has 0 radical (unpaired) electrons. The third kappa shape index (κ3) is 4.89. The molecule has 0 atom stereocenters. The summed E-state index contributed by atoms with van der Waals surface area (Å²) in [5.41, 5.74) is 9.07. The Kier molecular flexibility index (Phi) is 5.67. The highest BCUT2D eigenvalue weighted by atomic mass is 16.3. The van der Waals surface area contributed by atoms with E-state index < -0.39 is 0 Å². The van der Waals surface area contributed by atoms with E-state index in [-0.39, 0.29) is 36.3 Å². The van der Waals surface area contributed by atoms with Gasteiger partial charge in [-0.25, -0.2) is 9.97 Å². The highest BCUT2D eigenvalue weighted by molar-refractivity contribution is 6.24. The molecule has 0 spiro atoms. The Bertz CT molecular complexity index is 3800. The molecule has 8 aromatic carbocycles. The average molecular weight is 735 g/mol. The van der Waals surface area contributed by atoms with Crippen molar-refractivity contribution in [2.24, 2.45) is 0 Å². The van der Waals surface area contributed by atoms with E-state index in [4.69, 9.17) is 18.5 Å². The Morgan fingerprint density at radius 1 is 0.404 bits per heavy atom. The fourth-order valence-corrected chi connectivity index (χ4v) is 8.27. The van der Waals surface area contributed by atoms with Crippen LogP contribution >= 0.6 is 0 Å². The maximum absolute atomic E-state index is 9.53. The van der Waals surface area contributed by atoms with E-state index in [2.05, 4.69) is 0 Å². The summed E-state index contributed by atoms with van der Waals surface area (Å²) < 4.78 is 65.3. The highest BCUT2D eigenvalue weighted by Gasteiger charge is 2.22. The average Bonchev–Trinajstić information content (AvgIpc) is 3.96. The van der Waals surface area contributed by atoms with Crippen molar-refractivity contribution in [3.63, 3.8) is 0 Å². The number of nitrogens with zero attached hydrogens (tertiary/aromatic N) is 4. The van der Waals surface area contributed by atoms with Crippen LogP contribution in [-0.2, 0) is 0 Å². The predicted octanol–water partition coefficient (Wildman–Crippen LogP) is 13.6. The molecular weight excluding hydrogens is 697 g/mol. The van der Waals surface area contributed by atoms with Crippen LogP contribution < -0.4 is 0 Å². The second-order valence-electron chi connectivity index (χ2n) is 14.1. The van der Waals surface area contributed by atoms with Crippen LogP contribution in [0.4, 0.5) is 0 Å². The number of benzene rings is 8. The van der Waals surface area contributed by atoms with Gasteiger partial charge in [-0.1, -0.05) is 133 Å². The predicted molar refractivity (Wildman–Crippen MR) is 234 cm³/mol. The van der Waals surface area contributed by atoms with Gasteiger partial charge in [-0.15, -0.1) is 0 Å². The van der Waals surface area contributed by atoms with Gasteiger partial charge >= 0.3 is 0 Å². The Morgan fingerprint density at radius 3 is 1.60 bits per heavy atom. The second kappa shape index (κ2) is 12.4. The first-order valence-electron chi connectivity index (χ1n) is 21.7. The highest BCUT2D eigenvalue weighted by Crippen LogP contribution is 2.42. The summed E-state index contributed by atoms with van der Waals surface area (Å²) in [7, 11) is 0. The quantitative estimate of drug-likeness (QED) is 0.177. The first kappa shape index (κ1) is 26.1. The summed E-state index contributed by atoms with van der Waals surface area (Å²) in [6, 6.07) is 50.2. The lowest BCUT2D eigenvalue weighted by atomic mass is 10.0. The molecule has 5 nitrogen and oxygen atoms in total. The molecule has 0 amide bonds. The van der Waals surface area contributed by atoms with Gasteiger partial charge in [-0.2, -0.15) is 0 Å². The largest absolute Gasteiger partial charge is 0.456 e. The molecule has 5 heteroatoms. The number of rotatable bonds is 5. The van der Waals surface area contributed by atoms with Gasteiger partial charge in [0, 0.05) is 60.8 Å². The van der Waals surface area contributed by atoms with E-state index >= 15 is 0 Å². The summed E-state index contributed by atoms with van der Waals surface area (Å²) in [5.74, 6) is 0.617. The molecule has 0 saturated carbocycles. The van der Waals surface area contributed by atoms with E-state index in [1.54, 1.807) is 12.1 Å². The molecule has 4 aromatic heterocycles. The van der Waals surface area contributed by atoms with Crippen LogP contribution in [0.25, 0.3) is 111 Å². The zero-order chi connectivity index (χ0) is 42.7. The lowest BCUT2D eigenvalue weighted by Gasteiger charge is -2.12. The summed E-state index contributed by atoms with van der Waals surface area (Å²) in [5, 5.41) is 3.68. The molecule has 0 saturated heterocycles. The Labute approximate surface area is 335 Å². The number of para-hydroxylation sites is 3. The summed E-state index contributed by atoms with van der Waals surface area (Å²) in [6.07, 6.45) is 0. The van der Waals surface area contributed by atoms with Crippen molar-refractivity contribution in [3.05, 3.63) is 194 Å². The normalized spacial score (nSPS) is 13.3. The maximum atomic E-state index is 9.53. The summed E-state index contributed by atoms with van der Waals surface area (Å²) >= 11 is 0. The molecule has 0 bridgehead atoms. The van der Waals surface area contributed by atoms with Crippen molar-refractivity contribution in [1.29, 1.82) is 0 Å². The molecule has 12 aromatic rings. The van der Waals surface area contributed by atoms with Gasteiger partial charge < -0.3 is 13.6 Å². The zero-order valence-corrected chi connectivity index (χ0v) is 30.2. The van der Waals surface area contributed by atoms with Gasteiger partial charge in [-0.3, -0.25) is 0 Å². The van der Waals surface area contributed by atoms with Gasteiger partial charge in [0.1, 0.15) is 11.2 Å². The van der Waals surface area contributed by atoms with Crippen LogP contribution in [0, 0.1) is 0 Å². The molecule has 0 aliphatic rings.